The molecule has 0 radical (unpaired) electrons. The zero-order chi connectivity index (χ0) is 13.9. The van der Waals surface area contributed by atoms with Gasteiger partial charge < -0.3 is 15.4 Å². The van der Waals surface area contributed by atoms with Crippen molar-refractivity contribution in [3.05, 3.63) is 24.3 Å². The van der Waals surface area contributed by atoms with Crippen molar-refractivity contribution in [3.63, 3.8) is 0 Å². The number of rotatable bonds is 2. The van der Waals surface area contributed by atoms with Crippen molar-refractivity contribution in [1.82, 2.24) is 0 Å². The molecule has 1 aromatic carbocycles. The van der Waals surface area contributed by atoms with Gasteiger partial charge in [-0.05, 0) is 24.3 Å². The monoisotopic (exact) mass is 261 g/mol. The van der Waals surface area contributed by atoms with Crippen LogP contribution in [0.2, 0.25) is 0 Å². The second kappa shape index (κ2) is 5.61. The van der Waals surface area contributed by atoms with Gasteiger partial charge in [0, 0.05) is 24.2 Å². The molecular formula is C15H23N3O. The van der Waals surface area contributed by atoms with Crippen LogP contribution in [0.4, 0.5) is 11.4 Å². The van der Waals surface area contributed by atoms with Crippen LogP contribution in [0.25, 0.3) is 0 Å². The molecule has 0 unspecified atom stereocenters. The van der Waals surface area contributed by atoms with E-state index in [2.05, 4.69) is 42.8 Å². The highest BCUT2D eigenvalue weighted by atomic mass is 16.5. The topological polar surface area (TPSA) is 50.8 Å². The van der Waals surface area contributed by atoms with Gasteiger partial charge in [0.15, 0.2) is 0 Å². The van der Waals surface area contributed by atoms with E-state index >= 15 is 0 Å². The molecule has 2 rings (SSSR count). The van der Waals surface area contributed by atoms with Crippen LogP contribution in [-0.2, 0) is 4.74 Å². The number of amidine groups is 1. The summed E-state index contributed by atoms with van der Waals surface area (Å²) in [6.07, 6.45) is 0. The maximum absolute atomic E-state index is 5.99. The predicted octanol–water partition coefficient (Wildman–Crippen LogP) is 2.56. The number of hydrogen-bond donors (Lipinski definition) is 1. The molecule has 2 N–H and O–H groups in total. The van der Waals surface area contributed by atoms with E-state index in [1.165, 1.54) is 5.69 Å². The van der Waals surface area contributed by atoms with E-state index in [0.717, 1.165) is 32.0 Å². The van der Waals surface area contributed by atoms with E-state index < -0.39 is 0 Å². The second-order valence-corrected chi connectivity index (χ2v) is 5.86. The zero-order valence-electron chi connectivity index (χ0n) is 12.0. The van der Waals surface area contributed by atoms with E-state index in [1.54, 1.807) is 0 Å². The molecule has 1 aliphatic rings. The number of hydrogen-bond acceptors (Lipinski definition) is 3. The predicted molar refractivity (Wildman–Crippen MR) is 80.2 cm³/mol. The largest absolute Gasteiger partial charge is 0.387 e. The van der Waals surface area contributed by atoms with Crippen LogP contribution in [-0.4, -0.2) is 32.1 Å². The van der Waals surface area contributed by atoms with Gasteiger partial charge >= 0.3 is 0 Å². The third-order valence-corrected chi connectivity index (χ3v) is 3.24. The molecule has 19 heavy (non-hydrogen) atoms. The maximum Gasteiger partial charge on any atom is 0.105 e. The highest BCUT2D eigenvalue weighted by molar-refractivity contribution is 5.87. The Morgan fingerprint density at radius 1 is 1.16 bits per heavy atom. The Kier molecular flexibility index (Phi) is 4.10. The van der Waals surface area contributed by atoms with Crippen molar-refractivity contribution >= 4 is 17.2 Å². The van der Waals surface area contributed by atoms with Crippen molar-refractivity contribution in [2.75, 3.05) is 31.2 Å². The molecule has 0 atom stereocenters. The molecular weight excluding hydrogens is 238 g/mol. The molecule has 0 bridgehead atoms. The summed E-state index contributed by atoms with van der Waals surface area (Å²) in [6.45, 7) is 9.70. The van der Waals surface area contributed by atoms with E-state index in [0.29, 0.717) is 5.84 Å². The first-order valence-corrected chi connectivity index (χ1v) is 6.74. The van der Waals surface area contributed by atoms with Gasteiger partial charge in [-0.2, -0.15) is 0 Å². The minimum atomic E-state index is -0.0944. The van der Waals surface area contributed by atoms with Crippen molar-refractivity contribution in [2.45, 2.75) is 20.8 Å². The fourth-order valence-electron chi connectivity index (χ4n) is 1.87. The average Bonchev–Trinajstić information content (AvgIpc) is 2.39. The fourth-order valence-corrected chi connectivity index (χ4v) is 1.87. The number of ether oxygens (including phenoxy) is 1. The number of nitrogens with two attached hydrogens (primary N) is 1. The molecule has 4 heteroatoms. The third-order valence-electron chi connectivity index (χ3n) is 3.24. The Morgan fingerprint density at radius 2 is 1.74 bits per heavy atom. The standard InChI is InChI=1S/C15H23N3O/c1-15(2,3)14(16)17-12-4-6-13(7-5-12)18-8-10-19-11-9-18/h4-7H,8-11H2,1-3H3,(H2,16,17). The first kappa shape index (κ1) is 13.9. The van der Waals surface area contributed by atoms with E-state index in [1.807, 2.05) is 12.1 Å². The zero-order valence-corrected chi connectivity index (χ0v) is 12.0. The molecule has 4 nitrogen and oxygen atoms in total. The van der Waals surface area contributed by atoms with Gasteiger partial charge in [0.05, 0.1) is 18.9 Å². The number of morpholine rings is 1. The Morgan fingerprint density at radius 3 is 2.26 bits per heavy atom. The number of aliphatic imine (C=N–C) groups is 1. The molecule has 0 aromatic heterocycles. The van der Waals surface area contributed by atoms with E-state index in [4.69, 9.17) is 10.5 Å². The van der Waals surface area contributed by atoms with Crippen LogP contribution in [0.5, 0.6) is 0 Å². The molecule has 0 amide bonds. The molecule has 1 heterocycles. The second-order valence-electron chi connectivity index (χ2n) is 5.86. The molecule has 0 saturated carbocycles. The van der Waals surface area contributed by atoms with Gasteiger partial charge in [0.25, 0.3) is 0 Å². The van der Waals surface area contributed by atoms with Gasteiger partial charge in [-0.25, -0.2) is 4.99 Å². The highest BCUT2D eigenvalue weighted by Gasteiger charge is 2.15. The normalized spacial score (nSPS) is 17.6. The van der Waals surface area contributed by atoms with Crippen molar-refractivity contribution < 1.29 is 4.74 Å². The van der Waals surface area contributed by atoms with Crippen molar-refractivity contribution in [2.24, 2.45) is 16.1 Å². The number of anilines is 1. The molecule has 1 saturated heterocycles. The van der Waals surface area contributed by atoms with Gasteiger partial charge in [-0.1, -0.05) is 20.8 Å². The lowest BCUT2D eigenvalue weighted by atomic mass is 9.95. The smallest absolute Gasteiger partial charge is 0.105 e. The first-order valence-electron chi connectivity index (χ1n) is 6.74. The Labute approximate surface area is 115 Å². The summed E-state index contributed by atoms with van der Waals surface area (Å²) in [5.74, 6) is 0.659. The van der Waals surface area contributed by atoms with Crippen LogP contribution in [0.3, 0.4) is 0 Å². The maximum atomic E-state index is 5.99. The molecule has 1 aliphatic heterocycles. The molecule has 104 valence electrons. The summed E-state index contributed by atoms with van der Waals surface area (Å²) < 4.78 is 5.35. The highest BCUT2D eigenvalue weighted by Crippen LogP contribution is 2.22. The van der Waals surface area contributed by atoms with Gasteiger partial charge in [0.1, 0.15) is 5.84 Å². The average molecular weight is 261 g/mol. The van der Waals surface area contributed by atoms with E-state index in [-0.39, 0.29) is 5.41 Å². The lowest BCUT2D eigenvalue weighted by molar-refractivity contribution is 0.122. The van der Waals surface area contributed by atoms with Crippen LogP contribution in [0.1, 0.15) is 20.8 Å². The van der Waals surface area contributed by atoms with Crippen LogP contribution >= 0.6 is 0 Å². The lowest BCUT2D eigenvalue weighted by Crippen LogP contribution is -2.36. The molecule has 0 aliphatic carbocycles. The third kappa shape index (κ3) is 3.70. The van der Waals surface area contributed by atoms with Crippen LogP contribution in [0, 0.1) is 5.41 Å². The summed E-state index contributed by atoms with van der Waals surface area (Å²) in [5, 5.41) is 0. The quantitative estimate of drug-likeness (QED) is 0.657. The number of nitrogens with zero attached hydrogens (tertiary/aromatic N) is 2. The van der Waals surface area contributed by atoms with Crippen LogP contribution < -0.4 is 10.6 Å². The van der Waals surface area contributed by atoms with Gasteiger partial charge in [0.2, 0.25) is 0 Å². The SMILES string of the molecule is CC(C)(C)C(N)=Nc1ccc(N2CCOCC2)cc1. The number of benzene rings is 1. The van der Waals surface area contributed by atoms with E-state index in [9.17, 15) is 0 Å². The lowest BCUT2D eigenvalue weighted by Gasteiger charge is -2.28. The summed E-state index contributed by atoms with van der Waals surface area (Å²) in [7, 11) is 0. The molecule has 1 fully saturated rings. The molecule has 0 spiro atoms. The Balaban J connectivity index is 2.10. The van der Waals surface area contributed by atoms with Crippen LogP contribution in [0.15, 0.2) is 29.3 Å². The Hall–Kier alpha value is -1.55. The van der Waals surface area contributed by atoms with Gasteiger partial charge in [-0.3, -0.25) is 0 Å². The minimum Gasteiger partial charge on any atom is -0.387 e. The Bertz CT molecular complexity index is 439. The molecule has 1 aromatic rings. The fraction of sp³-hybridized carbons (Fsp3) is 0.533. The summed E-state index contributed by atoms with van der Waals surface area (Å²) >= 11 is 0. The summed E-state index contributed by atoms with van der Waals surface area (Å²) in [5.41, 5.74) is 8.02. The van der Waals surface area contributed by atoms with Gasteiger partial charge in [-0.15, -0.1) is 0 Å². The van der Waals surface area contributed by atoms with Crippen molar-refractivity contribution in [1.29, 1.82) is 0 Å². The summed E-state index contributed by atoms with van der Waals surface area (Å²) in [4.78, 5) is 6.79. The minimum absolute atomic E-state index is 0.0944. The first-order chi connectivity index (χ1) is 8.97. The van der Waals surface area contributed by atoms with Crippen molar-refractivity contribution in [3.8, 4) is 0 Å². The summed E-state index contributed by atoms with van der Waals surface area (Å²) in [6, 6.07) is 8.23.